The normalized spacial score (nSPS) is 14.5. The zero-order valence-electron chi connectivity index (χ0n) is 17.1. The van der Waals surface area contributed by atoms with Gasteiger partial charge in [-0.1, -0.05) is 37.1 Å². The molecule has 1 aliphatic rings. The molecule has 29 heavy (non-hydrogen) atoms. The van der Waals surface area contributed by atoms with Crippen molar-refractivity contribution in [2.75, 3.05) is 23.0 Å². The zero-order chi connectivity index (χ0) is 20.8. The molecule has 0 aliphatic heterocycles. The van der Waals surface area contributed by atoms with Crippen LogP contribution in [-0.2, 0) is 4.79 Å². The molecule has 0 saturated heterocycles. The summed E-state index contributed by atoms with van der Waals surface area (Å²) < 4.78 is 1.55. The predicted octanol–water partition coefficient (Wildman–Crippen LogP) is 3.70. The van der Waals surface area contributed by atoms with Crippen molar-refractivity contribution < 1.29 is 4.79 Å². The van der Waals surface area contributed by atoms with Crippen LogP contribution in [0.4, 0.5) is 5.69 Å². The number of hydrogen-bond acceptors (Lipinski definition) is 6. The number of amides is 1. The Morgan fingerprint density at radius 3 is 2.72 bits per heavy atom. The van der Waals surface area contributed by atoms with E-state index in [1.165, 1.54) is 36.6 Å². The van der Waals surface area contributed by atoms with Gasteiger partial charge in [0.2, 0.25) is 11.1 Å². The molecule has 1 heterocycles. The molecule has 0 bridgehead atoms. The molecule has 2 N–H and O–H groups in total. The third-order valence-electron chi connectivity index (χ3n) is 5.54. The third kappa shape index (κ3) is 5.10. The first kappa shape index (κ1) is 21.2. The fourth-order valence-corrected chi connectivity index (χ4v) is 4.42. The summed E-state index contributed by atoms with van der Waals surface area (Å²) in [5, 5.41) is 18.0. The number of nitriles is 1. The second-order valence-electron chi connectivity index (χ2n) is 7.56. The summed E-state index contributed by atoms with van der Waals surface area (Å²) in [5.74, 6) is 7.52. The van der Waals surface area contributed by atoms with Crippen molar-refractivity contribution in [1.29, 1.82) is 5.26 Å². The Morgan fingerprint density at radius 1 is 1.28 bits per heavy atom. The van der Waals surface area contributed by atoms with Gasteiger partial charge < -0.3 is 10.7 Å². The quantitative estimate of drug-likeness (QED) is 0.550. The van der Waals surface area contributed by atoms with Crippen LogP contribution in [0.15, 0.2) is 23.4 Å². The Kier molecular flexibility index (Phi) is 7.15. The number of anilines is 1. The summed E-state index contributed by atoms with van der Waals surface area (Å²) in [7, 11) is 0. The van der Waals surface area contributed by atoms with Crippen LogP contribution in [0.3, 0.4) is 0 Å². The van der Waals surface area contributed by atoms with Gasteiger partial charge in [0.1, 0.15) is 0 Å². The molecule has 0 radical (unpaired) electrons. The number of rotatable bonds is 7. The lowest BCUT2D eigenvalue weighted by atomic mass is 9.89. The SMILES string of the molecule is Cc1ccc(N(CCC#N)C(=O)CSc2nnc(C3CCCCC3)n2N)cc1C. The highest BCUT2D eigenvalue weighted by atomic mass is 32.2. The van der Waals surface area contributed by atoms with Crippen LogP contribution in [0.5, 0.6) is 0 Å². The summed E-state index contributed by atoms with van der Waals surface area (Å²) >= 11 is 1.29. The maximum absolute atomic E-state index is 12.9. The lowest BCUT2D eigenvalue weighted by molar-refractivity contribution is -0.116. The van der Waals surface area contributed by atoms with E-state index in [0.717, 1.165) is 29.9 Å². The lowest BCUT2D eigenvalue weighted by Crippen LogP contribution is -2.33. The number of aryl methyl sites for hydroxylation is 2. The average Bonchev–Trinajstić information content (AvgIpc) is 3.10. The van der Waals surface area contributed by atoms with Gasteiger partial charge in [0.25, 0.3) is 0 Å². The van der Waals surface area contributed by atoms with Crippen LogP contribution in [0, 0.1) is 25.2 Å². The van der Waals surface area contributed by atoms with Crippen molar-refractivity contribution in [1.82, 2.24) is 14.9 Å². The van der Waals surface area contributed by atoms with E-state index in [0.29, 0.717) is 17.6 Å². The summed E-state index contributed by atoms with van der Waals surface area (Å²) in [6, 6.07) is 8.04. The molecule has 1 aliphatic carbocycles. The van der Waals surface area contributed by atoms with E-state index in [-0.39, 0.29) is 18.1 Å². The minimum atomic E-state index is -0.0734. The van der Waals surface area contributed by atoms with Crippen molar-refractivity contribution in [2.24, 2.45) is 0 Å². The first-order valence-corrected chi connectivity index (χ1v) is 11.1. The van der Waals surface area contributed by atoms with E-state index in [4.69, 9.17) is 11.1 Å². The van der Waals surface area contributed by atoms with Gasteiger partial charge in [-0.2, -0.15) is 5.26 Å². The molecule has 0 unspecified atom stereocenters. The highest BCUT2D eigenvalue weighted by molar-refractivity contribution is 7.99. The number of carbonyl (C=O) groups excluding carboxylic acids is 1. The number of nitrogen functional groups attached to an aromatic ring is 1. The summed E-state index contributed by atoms with van der Waals surface area (Å²) in [4.78, 5) is 14.6. The maximum Gasteiger partial charge on any atom is 0.237 e. The Morgan fingerprint density at radius 2 is 2.03 bits per heavy atom. The van der Waals surface area contributed by atoms with Crippen LogP contribution in [0.25, 0.3) is 0 Å². The molecule has 1 aromatic heterocycles. The molecule has 0 atom stereocenters. The minimum absolute atomic E-state index is 0.0734. The smallest absolute Gasteiger partial charge is 0.237 e. The largest absolute Gasteiger partial charge is 0.336 e. The van der Waals surface area contributed by atoms with Crippen molar-refractivity contribution in [3.05, 3.63) is 35.2 Å². The number of aromatic nitrogens is 3. The van der Waals surface area contributed by atoms with E-state index in [9.17, 15) is 4.79 Å². The molecule has 8 heteroatoms. The molecule has 1 saturated carbocycles. The summed E-state index contributed by atoms with van der Waals surface area (Å²) in [6.45, 7) is 4.42. The molecule has 1 fully saturated rings. The first-order valence-electron chi connectivity index (χ1n) is 10.1. The summed E-state index contributed by atoms with van der Waals surface area (Å²) in [5.41, 5.74) is 3.09. The summed E-state index contributed by atoms with van der Waals surface area (Å²) in [6.07, 6.45) is 6.12. The highest BCUT2D eigenvalue weighted by Gasteiger charge is 2.24. The lowest BCUT2D eigenvalue weighted by Gasteiger charge is -2.22. The number of benzene rings is 1. The monoisotopic (exact) mass is 412 g/mol. The van der Waals surface area contributed by atoms with Gasteiger partial charge in [-0.15, -0.1) is 10.2 Å². The number of hydrogen-bond donors (Lipinski definition) is 1. The van der Waals surface area contributed by atoms with Crippen LogP contribution in [0.2, 0.25) is 0 Å². The Labute approximate surface area is 176 Å². The van der Waals surface area contributed by atoms with Crippen molar-refractivity contribution >= 4 is 23.4 Å². The van der Waals surface area contributed by atoms with Gasteiger partial charge >= 0.3 is 0 Å². The van der Waals surface area contributed by atoms with Crippen LogP contribution < -0.4 is 10.7 Å². The maximum atomic E-state index is 12.9. The molecular weight excluding hydrogens is 384 g/mol. The van der Waals surface area contributed by atoms with Gasteiger partial charge in [0, 0.05) is 18.2 Å². The van der Waals surface area contributed by atoms with Gasteiger partial charge in [-0.05, 0) is 49.9 Å². The molecule has 2 aromatic rings. The highest BCUT2D eigenvalue weighted by Crippen LogP contribution is 2.32. The van der Waals surface area contributed by atoms with E-state index in [1.807, 2.05) is 32.0 Å². The van der Waals surface area contributed by atoms with Crippen molar-refractivity contribution in [3.8, 4) is 6.07 Å². The second-order valence-corrected chi connectivity index (χ2v) is 8.50. The molecule has 7 nitrogen and oxygen atoms in total. The Balaban J connectivity index is 1.69. The minimum Gasteiger partial charge on any atom is -0.336 e. The third-order valence-corrected chi connectivity index (χ3v) is 6.46. The first-order chi connectivity index (χ1) is 14.0. The number of carbonyl (C=O) groups is 1. The predicted molar refractivity (Wildman–Crippen MR) is 115 cm³/mol. The fourth-order valence-electron chi connectivity index (χ4n) is 3.68. The van der Waals surface area contributed by atoms with Gasteiger partial charge in [-0.3, -0.25) is 4.79 Å². The van der Waals surface area contributed by atoms with Crippen LogP contribution >= 0.6 is 11.8 Å². The van der Waals surface area contributed by atoms with E-state index in [1.54, 1.807) is 9.58 Å². The average molecular weight is 413 g/mol. The Hall–Kier alpha value is -2.53. The van der Waals surface area contributed by atoms with Gasteiger partial charge in [-0.25, -0.2) is 4.68 Å². The van der Waals surface area contributed by atoms with Crippen molar-refractivity contribution in [2.45, 2.75) is 63.4 Å². The number of nitrogens with two attached hydrogens (primary N) is 1. The molecular formula is C21H28N6OS. The second kappa shape index (κ2) is 9.79. The molecule has 3 rings (SSSR count). The molecule has 154 valence electrons. The number of nitrogens with zero attached hydrogens (tertiary/aromatic N) is 5. The molecule has 1 aromatic carbocycles. The van der Waals surface area contributed by atoms with Gasteiger partial charge in [0.05, 0.1) is 18.2 Å². The Bertz CT molecular complexity index is 897. The fraction of sp³-hybridized carbons (Fsp3) is 0.524. The standard InChI is InChI=1S/C21H28N6OS/c1-15-9-10-18(13-16(15)2)26(12-6-11-22)19(28)14-29-21-25-24-20(27(21)23)17-7-4-3-5-8-17/h9-10,13,17H,3-8,12,14,23H2,1-2H3. The van der Waals surface area contributed by atoms with Crippen molar-refractivity contribution in [3.63, 3.8) is 0 Å². The van der Waals surface area contributed by atoms with Gasteiger partial charge in [0.15, 0.2) is 5.82 Å². The topological polar surface area (TPSA) is 101 Å². The van der Waals surface area contributed by atoms with Crippen LogP contribution in [-0.4, -0.2) is 33.1 Å². The van der Waals surface area contributed by atoms with E-state index < -0.39 is 0 Å². The molecule has 0 spiro atoms. The van der Waals surface area contributed by atoms with E-state index in [2.05, 4.69) is 16.3 Å². The van der Waals surface area contributed by atoms with Crippen LogP contribution in [0.1, 0.15) is 61.4 Å². The zero-order valence-corrected chi connectivity index (χ0v) is 17.9. The number of thioether (sulfide) groups is 1. The molecule has 1 amide bonds. The van der Waals surface area contributed by atoms with E-state index >= 15 is 0 Å².